The number of carboxylic acids is 1. The lowest BCUT2D eigenvalue weighted by Crippen LogP contribution is -2.14. The highest BCUT2D eigenvalue weighted by Gasteiger charge is 2.31. The number of hydrogen-bond donors (Lipinski definition) is 2. The first-order chi connectivity index (χ1) is 16.4. The van der Waals surface area contributed by atoms with Crippen LogP contribution in [-0.4, -0.2) is 31.4 Å². The number of aromatic amines is 1. The van der Waals surface area contributed by atoms with Gasteiger partial charge in [0.25, 0.3) is 0 Å². The van der Waals surface area contributed by atoms with E-state index in [1.807, 2.05) is 0 Å². The number of nitrogens with zero attached hydrogens (tertiary/aromatic N) is 2. The predicted molar refractivity (Wildman–Crippen MR) is 121 cm³/mol. The molecule has 0 aliphatic heterocycles. The lowest BCUT2D eigenvalue weighted by Gasteiger charge is -2.12. The quantitative estimate of drug-likeness (QED) is 0.385. The van der Waals surface area contributed by atoms with E-state index < -0.39 is 17.6 Å². The molecule has 2 aromatic carbocycles. The van der Waals surface area contributed by atoms with Gasteiger partial charge >= 0.3 is 5.97 Å². The number of aromatic nitrogens is 3. The van der Waals surface area contributed by atoms with Crippen molar-refractivity contribution in [2.45, 2.75) is 13.0 Å². The van der Waals surface area contributed by atoms with E-state index in [2.05, 4.69) is 9.97 Å². The number of aromatic carboxylic acids is 1. The summed E-state index contributed by atoms with van der Waals surface area (Å²) in [5, 5.41) is 10.7. The van der Waals surface area contributed by atoms with Crippen LogP contribution in [0.1, 0.15) is 28.0 Å². The Hall–Kier alpha value is -4.53. The summed E-state index contributed by atoms with van der Waals surface area (Å²) in [5.74, 6) is -2.82. The number of hydrogen-bond acceptors (Lipinski definition) is 4. The van der Waals surface area contributed by atoms with Crippen LogP contribution in [0.2, 0.25) is 0 Å². The molecule has 0 bridgehead atoms. The largest absolute Gasteiger partial charge is 0.477 e. The molecule has 0 unspecified atom stereocenters. The maximum absolute atomic E-state index is 15.0. The summed E-state index contributed by atoms with van der Waals surface area (Å²) in [7, 11) is 0. The molecule has 0 amide bonds. The topological polar surface area (TPSA) is 101 Å². The monoisotopic (exact) mass is 459 g/mol. The summed E-state index contributed by atoms with van der Waals surface area (Å²) in [4.78, 5) is 32.3. The van der Waals surface area contributed by atoms with Gasteiger partial charge in [-0.15, -0.1) is 0 Å². The first kappa shape index (κ1) is 20.1. The number of benzene rings is 2. The number of carbonyl (C=O) groups is 2. The number of rotatable bonds is 4. The molecule has 0 fully saturated rings. The molecule has 9 heteroatoms. The van der Waals surface area contributed by atoms with E-state index in [1.54, 1.807) is 12.2 Å². The van der Waals surface area contributed by atoms with Gasteiger partial charge in [-0.2, -0.15) is 0 Å². The first-order valence-electron chi connectivity index (χ1n) is 10.4. The Morgan fingerprint density at radius 3 is 2.88 bits per heavy atom. The average Bonchev–Trinajstić information content (AvgIpc) is 3.52. The van der Waals surface area contributed by atoms with Crippen LogP contribution in [-0.2, 0) is 11.3 Å². The molecule has 0 spiro atoms. The fourth-order valence-electron chi connectivity index (χ4n) is 4.61. The van der Waals surface area contributed by atoms with Crippen molar-refractivity contribution in [3.05, 3.63) is 83.5 Å². The van der Waals surface area contributed by atoms with Crippen LogP contribution in [0.5, 0.6) is 0 Å². The van der Waals surface area contributed by atoms with Crippen LogP contribution in [0.15, 0.2) is 59.5 Å². The molecule has 34 heavy (non-hydrogen) atoms. The second-order valence-electron chi connectivity index (χ2n) is 8.03. The van der Waals surface area contributed by atoms with Crippen molar-refractivity contribution < 1.29 is 27.9 Å². The smallest absolute Gasteiger partial charge is 0.353 e. The van der Waals surface area contributed by atoms with Gasteiger partial charge in [-0.1, -0.05) is 18.2 Å². The number of furan rings is 1. The maximum atomic E-state index is 15.0. The molecule has 1 aliphatic carbocycles. The van der Waals surface area contributed by atoms with Crippen LogP contribution < -0.4 is 0 Å². The Morgan fingerprint density at radius 2 is 2.09 bits per heavy atom. The summed E-state index contributed by atoms with van der Waals surface area (Å²) in [6.07, 6.45) is 7.70. The molecule has 0 atom stereocenters. The molecular weight excluding hydrogens is 444 g/mol. The number of nitrogens with one attached hydrogen (secondary N) is 1. The molecule has 7 nitrogen and oxygen atoms in total. The summed E-state index contributed by atoms with van der Waals surface area (Å²) >= 11 is 0. The van der Waals surface area contributed by atoms with Gasteiger partial charge in [-0.25, -0.2) is 18.6 Å². The van der Waals surface area contributed by atoms with E-state index >= 15 is 0 Å². The molecule has 0 saturated carbocycles. The summed E-state index contributed by atoms with van der Waals surface area (Å²) < 4.78 is 36.8. The van der Waals surface area contributed by atoms with Gasteiger partial charge in [0, 0.05) is 29.2 Å². The average molecular weight is 459 g/mol. The summed E-state index contributed by atoms with van der Waals surface area (Å²) in [6, 6.07) is 5.41. The Kier molecular flexibility index (Phi) is 4.28. The van der Waals surface area contributed by atoms with Gasteiger partial charge in [-0.05, 0) is 18.2 Å². The van der Waals surface area contributed by atoms with Gasteiger partial charge in [-0.3, -0.25) is 4.79 Å². The van der Waals surface area contributed by atoms with Gasteiger partial charge < -0.3 is 19.1 Å². The summed E-state index contributed by atoms with van der Waals surface area (Å²) in [6.45, 7) is -0.220. The fourth-order valence-corrected chi connectivity index (χ4v) is 4.61. The van der Waals surface area contributed by atoms with Crippen molar-refractivity contribution >= 4 is 50.2 Å². The fraction of sp³-hybridized carbons (Fsp3) is 0.0800. The van der Waals surface area contributed by atoms with Gasteiger partial charge in [0.15, 0.2) is 5.78 Å². The molecule has 1 aliphatic rings. The zero-order valence-corrected chi connectivity index (χ0v) is 17.4. The normalized spacial score (nSPS) is 13.9. The van der Waals surface area contributed by atoms with Crippen LogP contribution >= 0.6 is 0 Å². The minimum Gasteiger partial charge on any atom is -0.477 e. The van der Waals surface area contributed by atoms with Gasteiger partial charge in [0.05, 0.1) is 46.5 Å². The van der Waals surface area contributed by atoms with Crippen LogP contribution in [0.3, 0.4) is 0 Å². The highest BCUT2D eigenvalue weighted by Crippen LogP contribution is 2.40. The number of carboxylic acid groups (broad SMARTS) is 1. The van der Waals surface area contributed by atoms with E-state index in [0.717, 1.165) is 0 Å². The highest BCUT2D eigenvalue weighted by molar-refractivity contribution is 6.29. The van der Waals surface area contributed by atoms with Crippen molar-refractivity contribution in [1.82, 2.24) is 14.5 Å². The highest BCUT2D eigenvalue weighted by atomic mass is 19.1. The van der Waals surface area contributed by atoms with E-state index in [4.69, 9.17) is 4.42 Å². The van der Waals surface area contributed by atoms with Crippen molar-refractivity contribution in [3.8, 4) is 0 Å². The van der Waals surface area contributed by atoms with E-state index in [1.165, 1.54) is 47.5 Å². The summed E-state index contributed by atoms with van der Waals surface area (Å²) in [5.41, 5.74) is 1.52. The molecule has 6 rings (SSSR count). The Balaban J connectivity index is 1.72. The molecular formula is C25H15F2N3O4. The van der Waals surface area contributed by atoms with E-state index in [-0.39, 0.29) is 63.0 Å². The standard InChI is InChI=1S/C25H15F2N3O4/c26-15-8-18-17(28-11-29-18)7-12(15)10-30-19-9-16(27)13-5-6-34-24(13)22(19)21(23(30)25(32)33)14-3-1-2-4-20(14)31/h1-3,5-9,11H,4,10H2,(H,28,29)(H,32,33). The predicted octanol–water partition coefficient (Wildman–Crippen LogP) is 5.20. The number of allylic oxidation sites excluding steroid dienone is 4. The number of fused-ring (bicyclic) bond motifs is 4. The third-order valence-electron chi connectivity index (χ3n) is 6.11. The third kappa shape index (κ3) is 2.83. The molecule has 3 heterocycles. The number of imidazole rings is 1. The molecule has 3 aromatic heterocycles. The number of H-pyrrole nitrogens is 1. The zero-order chi connectivity index (χ0) is 23.6. The minimum absolute atomic E-state index is 0.102. The van der Waals surface area contributed by atoms with Crippen LogP contribution in [0.4, 0.5) is 8.78 Å². The van der Waals surface area contributed by atoms with E-state index in [9.17, 15) is 23.5 Å². The van der Waals surface area contributed by atoms with Crippen molar-refractivity contribution in [2.75, 3.05) is 0 Å². The van der Waals surface area contributed by atoms with Gasteiger partial charge in [0.1, 0.15) is 22.9 Å². The SMILES string of the molecule is O=C1CC=CC=C1c1c(C(=O)O)n(Cc2cc3[nH]cnc3cc2F)c2cc(F)c3ccoc3c12. The Bertz CT molecular complexity index is 1740. The number of ketones is 1. The van der Waals surface area contributed by atoms with Crippen LogP contribution in [0.25, 0.3) is 38.5 Å². The van der Waals surface area contributed by atoms with Crippen molar-refractivity contribution in [3.63, 3.8) is 0 Å². The van der Waals surface area contributed by atoms with Crippen molar-refractivity contribution in [1.29, 1.82) is 0 Å². The van der Waals surface area contributed by atoms with Gasteiger partial charge in [0.2, 0.25) is 0 Å². The first-order valence-corrected chi connectivity index (χ1v) is 10.4. The Morgan fingerprint density at radius 1 is 1.24 bits per heavy atom. The molecule has 168 valence electrons. The Labute approximate surface area is 189 Å². The maximum Gasteiger partial charge on any atom is 0.353 e. The lowest BCUT2D eigenvalue weighted by molar-refractivity contribution is -0.113. The molecule has 0 saturated heterocycles. The number of carbonyl (C=O) groups excluding carboxylic acids is 1. The van der Waals surface area contributed by atoms with Crippen LogP contribution in [0, 0.1) is 11.6 Å². The molecule has 0 radical (unpaired) electrons. The zero-order valence-electron chi connectivity index (χ0n) is 17.4. The second-order valence-corrected chi connectivity index (χ2v) is 8.03. The molecule has 5 aromatic rings. The minimum atomic E-state index is -1.34. The van der Waals surface area contributed by atoms with Crippen molar-refractivity contribution in [2.24, 2.45) is 0 Å². The third-order valence-corrected chi connectivity index (χ3v) is 6.11. The molecule has 2 N–H and O–H groups in total. The number of halogens is 2. The second kappa shape index (κ2) is 7.24. The number of Topliss-reactive ketones (excluding diaryl/α,β-unsaturated/α-hetero) is 1. The van der Waals surface area contributed by atoms with E-state index in [0.29, 0.717) is 11.0 Å². The lowest BCUT2D eigenvalue weighted by atomic mass is 9.93.